The number of fused-ring (bicyclic) bond motifs is 1. The van der Waals surface area contributed by atoms with Gasteiger partial charge in [-0.05, 0) is 29.7 Å². The molecule has 0 saturated heterocycles. The largest absolute Gasteiger partial charge is 0.494 e. The first-order valence-electron chi connectivity index (χ1n) is 11.0. The van der Waals surface area contributed by atoms with E-state index in [0.29, 0.717) is 22.9 Å². The number of rotatable bonds is 8. The molecule has 10 nitrogen and oxygen atoms in total. The van der Waals surface area contributed by atoms with E-state index >= 15 is 0 Å². The van der Waals surface area contributed by atoms with Crippen LogP contribution in [0.4, 0.5) is 23.0 Å². The Kier molecular flexibility index (Phi) is 6.86. The molecule has 2 N–H and O–H groups in total. The highest BCUT2D eigenvalue weighted by atomic mass is 16.5. The molecule has 1 amide bonds. The lowest BCUT2D eigenvalue weighted by Crippen LogP contribution is -2.16. The maximum atomic E-state index is 12.5. The van der Waals surface area contributed by atoms with Crippen LogP contribution in [0.3, 0.4) is 0 Å². The lowest BCUT2D eigenvalue weighted by Gasteiger charge is -2.21. The first kappa shape index (κ1) is 24.3. The molecule has 0 aliphatic rings. The Balaban J connectivity index is 1.82. The van der Waals surface area contributed by atoms with Crippen LogP contribution in [-0.4, -0.2) is 54.7 Å². The van der Waals surface area contributed by atoms with E-state index in [1.807, 2.05) is 55.5 Å². The van der Waals surface area contributed by atoms with Gasteiger partial charge in [0.15, 0.2) is 5.82 Å². The number of nitrogens with zero attached hydrogens (tertiary/aromatic N) is 4. The monoisotopic (exact) mass is 486 g/mol. The van der Waals surface area contributed by atoms with Crippen molar-refractivity contribution in [3.63, 3.8) is 0 Å². The topological polar surface area (TPSA) is 111 Å². The number of amides is 1. The number of aromatic nitrogens is 3. The Labute approximate surface area is 208 Å². The van der Waals surface area contributed by atoms with Crippen LogP contribution in [-0.2, 0) is 9.53 Å². The molecule has 0 atom stereocenters. The van der Waals surface area contributed by atoms with Crippen LogP contribution in [0.15, 0.2) is 67.5 Å². The molecule has 0 bridgehead atoms. The minimum atomic E-state index is -0.559. The standard InChI is InChI=1S/C26H26N6O4/c1-6-23(33)28-18-13-19(22(35-4)14-21(18)31(2)3)29-26-27-15-17(25(34)36-5)24(30-26)32-12-11-16-9-7-8-10-20(16)32/h6-15H,1H2,2-5H3,(H,28,33)(H,27,29,30). The van der Waals surface area contributed by atoms with Gasteiger partial charge < -0.3 is 29.6 Å². The third-order valence-corrected chi connectivity index (χ3v) is 5.49. The zero-order chi connectivity index (χ0) is 25.8. The van der Waals surface area contributed by atoms with Gasteiger partial charge in [-0.15, -0.1) is 0 Å². The van der Waals surface area contributed by atoms with Crippen molar-refractivity contribution in [1.82, 2.24) is 14.5 Å². The second-order valence-electron chi connectivity index (χ2n) is 7.95. The highest BCUT2D eigenvalue weighted by molar-refractivity contribution is 6.02. The summed E-state index contributed by atoms with van der Waals surface area (Å²) >= 11 is 0. The lowest BCUT2D eigenvalue weighted by atomic mass is 10.2. The summed E-state index contributed by atoms with van der Waals surface area (Å²) in [5, 5.41) is 6.94. The Hall–Kier alpha value is -4.86. The van der Waals surface area contributed by atoms with Gasteiger partial charge in [-0.1, -0.05) is 24.8 Å². The summed E-state index contributed by atoms with van der Waals surface area (Å²) in [6.07, 6.45) is 4.43. The predicted molar refractivity (Wildman–Crippen MR) is 140 cm³/mol. The summed E-state index contributed by atoms with van der Waals surface area (Å²) in [6, 6.07) is 13.2. The van der Waals surface area contributed by atoms with E-state index < -0.39 is 5.97 Å². The number of carbonyl (C=O) groups excluding carboxylic acids is 2. The second-order valence-corrected chi connectivity index (χ2v) is 7.95. The summed E-state index contributed by atoms with van der Waals surface area (Å²) < 4.78 is 12.3. The van der Waals surface area contributed by atoms with Gasteiger partial charge >= 0.3 is 5.97 Å². The van der Waals surface area contributed by atoms with Gasteiger partial charge in [-0.25, -0.2) is 9.78 Å². The molecule has 36 heavy (non-hydrogen) atoms. The first-order valence-corrected chi connectivity index (χ1v) is 11.0. The Morgan fingerprint density at radius 1 is 1.11 bits per heavy atom. The fourth-order valence-electron chi connectivity index (χ4n) is 3.75. The van der Waals surface area contributed by atoms with Crippen molar-refractivity contribution in [3.8, 4) is 11.6 Å². The Morgan fingerprint density at radius 3 is 2.58 bits per heavy atom. The SMILES string of the molecule is C=CC(=O)Nc1cc(Nc2ncc(C(=O)OC)c(-n3ccc4ccccc43)n2)c(OC)cc1N(C)C. The average Bonchev–Trinajstić information content (AvgIpc) is 3.32. The van der Waals surface area contributed by atoms with Gasteiger partial charge in [0.25, 0.3) is 0 Å². The molecule has 2 heterocycles. The highest BCUT2D eigenvalue weighted by Gasteiger charge is 2.20. The quantitative estimate of drug-likeness (QED) is 0.282. The summed E-state index contributed by atoms with van der Waals surface area (Å²) in [7, 11) is 6.56. The minimum absolute atomic E-state index is 0.207. The molecular weight excluding hydrogens is 460 g/mol. The Morgan fingerprint density at radius 2 is 1.89 bits per heavy atom. The number of carbonyl (C=O) groups is 2. The van der Waals surface area contributed by atoms with E-state index in [0.717, 1.165) is 16.6 Å². The van der Waals surface area contributed by atoms with Crippen LogP contribution in [0.25, 0.3) is 16.7 Å². The van der Waals surface area contributed by atoms with E-state index in [4.69, 9.17) is 9.47 Å². The van der Waals surface area contributed by atoms with E-state index in [2.05, 4.69) is 27.2 Å². The minimum Gasteiger partial charge on any atom is -0.494 e. The first-order chi connectivity index (χ1) is 17.4. The number of para-hydroxylation sites is 1. The van der Waals surface area contributed by atoms with Crippen LogP contribution in [0.2, 0.25) is 0 Å². The molecule has 0 spiro atoms. The zero-order valence-corrected chi connectivity index (χ0v) is 20.4. The van der Waals surface area contributed by atoms with Crippen molar-refractivity contribution in [3.05, 3.63) is 73.1 Å². The van der Waals surface area contributed by atoms with Crippen molar-refractivity contribution in [1.29, 1.82) is 0 Å². The third-order valence-electron chi connectivity index (χ3n) is 5.49. The maximum absolute atomic E-state index is 12.5. The van der Waals surface area contributed by atoms with Crippen LogP contribution in [0, 0.1) is 0 Å². The van der Waals surface area contributed by atoms with Crippen molar-refractivity contribution >= 4 is 45.8 Å². The molecule has 0 fully saturated rings. The number of esters is 1. The van der Waals surface area contributed by atoms with E-state index in [1.54, 1.807) is 23.8 Å². The summed E-state index contributed by atoms with van der Waals surface area (Å²) in [5.41, 5.74) is 2.86. The summed E-state index contributed by atoms with van der Waals surface area (Å²) in [6.45, 7) is 3.51. The number of ether oxygens (including phenoxy) is 2. The molecular formula is C26H26N6O4. The lowest BCUT2D eigenvalue weighted by molar-refractivity contribution is -0.111. The molecule has 0 radical (unpaired) electrons. The molecule has 184 valence electrons. The van der Waals surface area contributed by atoms with Crippen molar-refractivity contribution in [2.45, 2.75) is 0 Å². The molecule has 2 aromatic heterocycles. The van der Waals surface area contributed by atoms with Gasteiger partial charge in [0.05, 0.1) is 36.8 Å². The summed E-state index contributed by atoms with van der Waals surface area (Å²) in [4.78, 5) is 35.3. The molecule has 0 saturated carbocycles. The van der Waals surface area contributed by atoms with E-state index in [-0.39, 0.29) is 17.4 Å². The smallest absolute Gasteiger partial charge is 0.343 e. The normalized spacial score (nSPS) is 10.6. The van der Waals surface area contributed by atoms with Gasteiger partial charge in [0.2, 0.25) is 11.9 Å². The molecule has 4 rings (SSSR count). The van der Waals surface area contributed by atoms with Gasteiger partial charge in [0, 0.05) is 32.6 Å². The third kappa shape index (κ3) is 4.69. The second kappa shape index (κ2) is 10.2. The number of nitrogens with one attached hydrogen (secondary N) is 2. The molecule has 10 heteroatoms. The molecule has 0 aliphatic heterocycles. The zero-order valence-electron chi connectivity index (χ0n) is 20.4. The molecule has 0 unspecified atom stereocenters. The van der Waals surface area contributed by atoms with Gasteiger partial charge in [0.1, 0.15) is 11.3 Å². The number of benzene rings is 2. The predicted octanol–water partition coefficient (Wildman–Crippen LogP) is 4.15. The van der Waals surface area contributed by atoms with E-state index in [1.165, 1.54) is 19.4 Å². The average molecular weight is 487 g/mol. The molecule has 2 aromatic carbocycles. The number of methoxy groups -OCH3 is 2. The van der Waals surface area contributed by atoms with Crippen molar-refractivity contribution < 1.29 is 19.1 Å². The number of hydrogen-bond donors (Lipinski definition) is 2. The number of anilines is 4. The van der Waals surface area contributed by atoms with Crippen LogP contribution >= 0.6 is 0 Å². The van der Waals surface area contributed by atoms with E-state index in [9.17, 15) is 9.59 Å². The summed E-state index contributed by atoms with van der Waals surface area (Å²) in [5.74, 6) is 0.159. The van der Waals surface area contributed by atoms with Crippen molar-refractivity contribution in [2.24, 2.45) is 0 Å². The molecule has 4 aromatic rings. The Bertz CT molecular complexity index is 1460. The fraction of sp³-hybridized carbons (Fsp3) is 0.154. The fourth-order valence-corrected chi connectivity index (χ4v) is 3.75. The van der Waals surface area contributed by atoms with Gasteiger partial charge in [-0.2, -0.15) is 4.98 Å². The maximum Gasteiger partial charge on any atom is 0.343 e. The number of hydrogen-bond acceptors (Lipinski definition) is 8. The van der Waals surface area contributed by atoms with Crippen LogP contribution in [0.5, 0.6) is 5.75 Å². The van der Waals surface area contributed by atoms with Crippen LogP contribution in [0.1, 0.15) is 10.4 Å². The van der Waals surface area contributed by atoms with Gasteiger partial charge in [-0.3, -0.25) is 4.79 Å². The molecule has 0 aliphatic carbocycles. The van der Waals surface area contributed by atoms with Crippen LogP contribution < -0.4 is 20.3 Å². The highest BCUT2D eigenvalue weighted by Crippen LogP contribution is 2.37. The van der Waals surface area contributed by atoms with Crippen molar-refractivity contribution in [2.75, 3.05) is 43.8 Å².